The van der Waals surface area contributed by atoms with Gasteiger partial charge in [0.15, 0.2) is 0 Å². The van der Waals surface area contributed by atoms with Crippen molar-refractivity contribution in [3.05, 3.63) is 193 Å². The van der Waals surface area contributed by atoms with Crippen LogP contribution >= 0.6 is 0 Å². The molecule has 0 aliphatic carbocycles. The van der Waals surface area contributed by atoms with Crippen molar-refractivity contribution in [1.82, 2.24) is 9.13 Å². The maximum absolute atomic E-state index is 10.2. The van der Waals surface area contributed by atoms with Gasteiger partial charge in [-0.2, -0.15) is 15.8 Å². The molecule has 2 heterocycles. The van der Waals surface area contributed by atoms with Crippen molar-refractivity contribution in [2.24, 2.45) is 0 Å². The molecule has 5 nitrogen and oxygen atoms in total. The van der Waals surface area contributed by atoms with E-state index in [9.17, 15) is 15.8 Å². The second-order valence-corrected chi connectivity index (χ2v) is 13.9. The third-order valence-corrected chi connectivity index (χ3v) is 10.8. The number of rotatable bonds is 5. The van der Waals surface area contributed by atoms with Crippen LogP contribution in [-0.2, 0) is 0 Å². The zero-order chi connectivity index (χ0) is 37.8. The first-order valence-electron chi connectivity index (χ1n) is 18.4. The average Bonchev–Trinajstić information content (AvgIpc) is 3.78. The van der Waals surface area contributed by atoms with E-state index >= 15 is 0 Å². The molecule has 56 heavy (non-hydrogen) atoms. The number of para-hydroxylation sites is 3. The van der Waals surface area contributed by atoms with Gasteiger partial charge in [0.1, 0.15) is 0 Å². The van der Waals surface area contributed by atoms with Gasteiger partial charge in [-0.05, 0) is 89.5 Å². The van der Waals surface area contributed by atoms with Crippen molar-refractivity contribution >= 4 is 43.6 Å². The SMILES string of the molecule is N#Cc1ccc(-c2cc(C#N)ccc2-n2c3ccccc3c3cc(-c4cc(-c5ccccc5)ccc4-n4c5ccccc5c5ccccc54)ccc32)c(C#N)c1. The summed E-state index contributed by atoms with van der Waals surface area (Å²) in [6.07, 6.45) is 0. The molecule has 8 aromatic carbocycles. The highest BCUT2D eigenvalue weighted by molar-refractivity contribution is 6.12. The molecular formula is C51H29N5. The van der Waals surface area contributed by atoms with Crippen LogP contribution in [0.15, 0.2) is 176 Å². The standard InChI is InChI=1S/C51H29N5/c52-30-33-18-22-39(38(26-33)32-54)44-27-34(31-53)19-23-50(44)56-48-17-9-6-14-42(48)45-29-37(21-25-51(45)56)43-28-36(35-10-2-1-3-11-35)20-24-49(43)55-46-15-7-4-12-40(46)41-13-5-8-16-47(41)55/h1-29H. The highest BCUT2D eigenvalue weighted by Crippen LogP contribution is 2.42. The molecule has 0 amide bonds. The van der Waals surface area contributed by atoms with Gasteiger partial charge >= 0.3 is 0 Å². The maximum Gasteiger partial charge on any atom is 0.0998 e. The van der Waals surface area contributed by atoms with E-state index in [2.05, 4.69) is 155 Å². The Kier molecular flexibility index (Phi) is 7.57. The van der Waals surface area contributed by atoms with E-state index < -0.39 is 0 Å². The third-order valence-electron chi connectivity index (χ3n) is 10.8. The molecular weight excluding hydrogens is 683 g/mol. The van der Waals surface area contributed by atoms with Crippen molar-refractivity contribution < 1.29 is 0 Å². The van der Waals surface area contributed by atoms with E-state index in [4.69, 9.17) is 0 Å². The first-order chi connectivity index (χ1) is 27.6. The molecule has 258 valence electrons. The average molecular weight is 712 g/mol. The highest BCUT2D eigenvalue weighted by atomic mass is 15.0. The van der Waals surface area contributed by atoms with Crippen LogP contribution < -0.4 is 0 Å². The Morgan fingerprint density at radius 2 is 0.839 bits per heavy atom. The Balaban J connectivity index is 1.25. The number of aromatic nitrogens is 2. The van der Waals surface area contributed by atoms with Crippen LogP contribution in [0.25, 0.3) is 88.4 Å². The lowest BCUT2D eigenvalue weighted by Gasteiger charge is -2.17. The fourth-order valence-electron chi connectivity index (χ4n) is 8.31. The van der Waals surface area contributed by atoms with Crippen LogP contribution in [0.1, 0.15) is 16.7 Å². The molecule has 0 aliphatic rings. The van der Waals surface area contributed by atoms with E-state index in [1.165, 1.54) is 10.8 Å². The number of hydrogen-bond acceptors (Lipinski definition) is 3. The smallest absolute Gasteiger partial charge is 0.0998 e. The molecule has 5 heteroatoms. The Morgan fingerprint density at radius 3 is 1.48 bits per heavy atom. The molecule has 0 fully saturated rings. The molecule has 0 spiro atoms. The van der Waals surface area contributed by atoms with Gasteiger partial charge in [-0.1, -0.05) is 103 Å². The zero-order valence-electron chi connectivity index (χ0n) is 30.0. The Labute approximate surface area is 323 Å². The van der Waals surface area contributed by atoms with Crippen molar-refractivity contribution in [3.8, 4) is 63.0 Å². The molecule has 0 saturated heterocycles. The summed E-state index contributed by atoms with van der Waals surface area (Å²) in [7, 11) is 0. The number of fused-ring (bicyclic) bond motifs is 6. The second kappa shape index (κ2) is 13.0. The Morgan fingerprint density at radius 1 is 0.321 bits per heavy atom. The third kappa shape index (κ3) is 5.07. The summed E-state index contributed by atoms with van der Waals surface area (Å²) >= 11 is 0. The van der Waals surface area contributed by atoms with Crippen molar-refractivity contribution in [2.45, 2.75) is 0 Å². The molecule has 10 rings (SSSR count). The predicted molar refractivity (Wildman–Crippen MR) is 226 cm³/mol. The van der Waals surface area contributed by atoms with Gasteiger partial charge in [0.25, 0.3) is 0 Å². The molecule has 10 aromatic rings. The molecule has 0 saturated carbocycles. The quantitative estimate of drug-likeness (QED) is 0.178. The highest BCUT2D eigenvalue weighted by Gasteiger charge is 2.21. The first-order valence-corrected chi connectivity index (χ1v) is 18.4. The van der Waals surface area contributed by atoms with E-state index in [1.54, 1.807) is 18.2 Å². The summed E-state index contributed by atoms with van der Waals surface area (Å²) in [5, 5.41) is 34.3. The van der Waals surface area contributed by atoms with Gasteiger partial charge in [0.05, 0.1) is 68.3 Å². The summed E-state index contributed by atoms with van der Waals surface area (Å²) in [5.41, 5.74) is 13.3. The van der Waals surface area contributed by atoms with Crippen molar-refractivity contribution in [1.29, 1.82) is 15.8 Å². The second-order valence-electron chi connectivity index (χ2n) is 13.9. The Bertz CT molecular complexity index is 3290. The lowest BCUT2D eigenvalue weighted by Crippen LogP contribution is -2.00. The van der Waals surface area contributed by atoms with Crippen LogP contribution in [0.4, 0.5) is 0 Å². The van der Waals surface area contributed by atoms with E-state index in [0.29, 0.717) is 22.3 Å². The lowest BCUT2D eigenvalue weighted by molar-refractivity contribution is 1.18. The van der Waals surface area contributed by atoms with Crippen LogP contribution in [-0.4, -0.2) is 9.13 Å². The molecule has 0 aliphatic heterocycles. The maximum atomic E-state index is 10.2. The number of benzene rings is 8. The molecule has 0 unspecified atom stereocenters. The molecule has 0 radical (unpaired) electrons. The zero-order valence-corrected chi connectivity index (χ0v) is 30.0. The first kappa shape index (κ1) is 32.5. The van der Waals surface area contributed by atoms with Crippen LogP contribution in [0, 0.1) is 34.0 Å². The predicted octanol–water partition coefficient (Wildman–Crippen LogP) is 12.5. The minimum absolute atomic E-state index is 0.374. The molecule has 0 bridgehead atoms. The Hall–Kier alpha value is -8.17. The van der Waals surface area contributed by atoms with Crippen molar-refractivity contribution in [3.63, 3.8) is 0 Å². The van der Waals surface area contributed by atoms with E-state index in [1.807, 2.05) is 30.3 Å². The van der Waals surface area contributed by atoms with Gasteiger partial charge in [0, 0.05) is 38.2 Å². The summed E-state index contributed by atoms with van der Waals surface area (Å²) in [6, 6.07) is 66.9. The van der Waals surface area contributed by atoms with Gasteiger partial charge in [0.2, 0.25) is 0 Å². The van der Waals surface area contributed by atoms with Crippen LogP contribution in [0.2, 0.25) is 0 Å². The van der Waals surface area contributed by atoms with Crippen LogP contribution in [0.3, 0.4) is 0 Å². The fraction of sp³-hybridized carbons (Fsp3) is 0. The van der Waals surface area contributed by atoms with Crippen LogP contribution in [0.5, 0.6) is 0 Å². The van der Waals surface area contributed by atoms with Gasteiger partial charge in [-0.3, -0.25) is 0 Å². The van der Waals surface area contributed by atoms with Gasteiger partial charge in [-0.25, -0.2) is 0 Å². The number of nitriles is 3. The minimum Gasteiger partial charge on any atom is -0.309 e. The molecule has 2 aromatic heterocycles. The van der Waals surface area contributed by atoms with Crippen molar-refractivity contribution in [2.75, 3.05) is 0 Å². The fourth-order valence-corrected chi connectivity index (χ4v) is 8.31. The number of nitrogens with zero attached hydrogens (tertiary/aromatic N) is 5. The summed E-state index contributed by atoms with van der Waals surface area (Å²) < 4.78 is 4.61. The van der Waals surface area contributed by atoms with Gasteiger partial charge < -0.3 is 9.13 Å². The monoisotopic (exact) mass is 711 g/mol. The molecule has 0 atom stereocenters. The topological polar surface area (TPSA) is 81.2 Å². The summed E-state index contributed by atoms with van der Waals surface area (Å²) in [6.45, 7) is 0. The molecule has 0 N–H and O–H groups in total. The normalized spacial score (nSPS) is 11.2. The largest absolute Gasteiger partial charge is 0.309 e. The van der Waals surface area contributed by atoms with E-state index in [-0.39, 0.29) is 0 Å². The summed E-state index contributed by atoms with van der Waals surface area (Å²) in [4.78, 5) is 0. The number of hydrogen-bond donors (Lipinski definition) is 0. The minimum atomic E-state index is 0.374. The lowest BCUT2D eigenvalue weighted by atomic mass is 9.95. The van der Waals surface area contributed by atoms with Gasteiger partial charge in [-0.15, -0.1) is 0 Å². The van der Waals surface area contributed by atoms with E-state index in [0.717, 1.165) is 72.0 Å². The summed E-state index contributed by atoms with van der Waals surface area (Å²) in [5.74, 6) is 0.